The van der Waals surface area contributed by atoms with E-state index in [2.05, 4.69) is 6.92 Å². The molecule has 0 spiro atoms. The van der Waals surface area contributed by atoms with Gasteiger partial charge in [0.25, 0.3) is 0 Å². The van der Waals surface area contributed by atoms with Crippen molar-refractivity contribution in [1.29, 1.82) is 0 Å². The fourth-order valence-electron chi connectivity index (χ4n) is 6.93. The molecular weight excluding hydrogens is 532 g/mol. The van der Waals surface area contributed by atoms with Gasteiger partial charge in [0.15, 0.2) is 0 Å². The van der Waals surface area contributed by atoms with Crippen LogP contribution in [0.1, 0.15) is 155 Å². The Morgan fingerprint density at radius 2 is 1.14 bits per heavy atom. The molecule has 0 saturated carbocycles. The monoisotopic (exact) mass is 594 g/mol. The number of aliphatic hydroxyl groups is 3. The van der Waals surface area contributed by atoms with Crippen LogP contribution in [-0.4, -0.2) is 70.1 Å². The molecule has 0 radical (unpaired) electrons. The van der Waals surface area contributed by atoms with E-state index >= 15 is 0 Å². The molecule has 3 N–H and O–H groups in total. The van der Waals surface area contributed by atoms with Gasteiger partial charge in [-0.3, -0.25) is 0 Å². The van der Waals surface area contributed by atoms with Crippen LogP contribution in [0, 0.1) is 0 Å². The predicted octanol–water partition coefficient (Wildman–Crippen LogP) is 7.08. The Labute approximate surface area is 255 Å². The predicted molar refractivity (Wildman–Crippen MR) is 166 cm³/mol. The second-order valence-electron chi connectivity index (χ2n) is 13.3. The zero-order chi connectivity index (χ0) is 30.2. The molecule has 0 aromatic rings. The molecule has 0 aromatic heterocycles. The van der Waals surface area contributed by atoms with E-state index in [0.29, 0.717) is 12.0 Å². The summed E-state index contributed by atoms with van der Waals surface area (Å²) in [7, 11) is 0. The van der Waals surface area contributed by atoms with Gasteiger partial charge in [0.2, 0.25) is 0 Å². The molecule has 2 saturated heterocycles. The lowest BCUT2D eigenvalue weighted by atomic mass is 10.00. The molecule has 7 heteroatoms. The highest BCUT2D eigenvalue weighted by Crippen LogP contribution is 2.34. The fourth-order valence-corrected chi connectivity index (χ4v) is 6.93. The number of esters is 1. The standard InChI is InChI=1S/C35H62O7/c1-3-4-5-6-12-15-18-29(37)31-20-22-33(41-31)34-23-21-32(42-34)30(38)19-16-13-10-8-7-9-11-14-17-28(36)25-27-24-26(2)40-35(27)39/h24,26,28-34,36-38H,3-23,25H2,1-2H3/t26-,28+,29+,30+,31+,32+,33+,34+/m0/s1. The number of hydrogen-bond donors (Lipinski definition) is 3. The molecule has 3 rings (SSSR count). The number of unbranched alkanes of at least 4 members (excludes halogenated alkanes) is 12. The normalized spacial score (nSPS) is 28.2. The Morgan fingerprint density at radius 1 is 0.690 bits per heavy atom. The SMILES string of the molecule is CCCCCCCC[C@@H](O)[C@H]1CC[C@H]([C@H]2CC[C@H]([C@H](O)CCCCCCCCCC[C@@H](O)CC3=C[C@H](C)OC3=O)O2)O1. The van der Waals surface area contributed by atoms with Gasteiger partial charge in [-0.1, -0.05) is 96.8 Å². The van der Waals surface area contributed by atoms with Crippen molar-refractivity contribution >= 4 is 5.97 Å². The van der Waals surface area contributed by atoms with Gasteiger partial charge in [-0.2, -0.15) is 0 Å². The zero-order valence-electron chi connectivity index (χ0n) is 26.7. The molecule has 42 heavy (non-hydrogen) atoms. The summed E-state index contributed by atoms with van der Waals surface area (Å²) in [5.74, 6) is -0.281. The van der Waals surface area contributed by atoms with E-state index in [9.17, 15) is 20.1 Å². The molecule has 3 aliphatic rings. The number of ether oxygens (including phenoxy) is 3. The first-order valence-corrected chi connectivity index (χ1v) is 17.6. The van der Waals surface area contributed by atoms with Crippen molar-refractivity contribution in [3.63, 3.8) is 0 Å². The summed E-state index contributed by atoms with van der Waals surface area (Å²) in [5.41, 5.74) is 0.616. The zero-order valence-corrected chi connectivity index (χ0v) is 26.7. The third kappa shape index (κ3) is 12.9. The lowest BCUT2D eigenvalue weighted by Crippen LogP contribution is -2.33. The van der Waals surface area contributed by atoms with E-state index in [1.54, 1.807) is 0 Å². The molecule has 0 aromatic carbocycles. The highest BCUT2D eigenvalue weighted by molar-refractivity contribution is 5.90. The summed E-state index contributed by atoms with van der Waals surface area (Å²) in [6, 6.07) is 0. The molecule has 0 unspecified atom stereocenters. The van der Waals surface area contributed by atoms with Crippen molar-refractivity contribution in [2.24, 2.45) is 0 Å². The molecule has 7 nitrogen and oxygen atoms in total. The van der Waals surface area contributed by atoms with Crippen molar-refractivity contribution in [2.75, 3.05) is 0 Å². The van der Waals surface area contributed by atoms with E-state index in [0.717, 1.165) is 77.0 Å². The van der Waals surface area contributed by atoms with Crippen LogP contribution in [0.25, 0.3) is 0 Å². The summed E-state index contributed by atoms with van der Waals surface area (Å²) < 4.78 is 17.6. The lowest BCUT2D eigenvalue weighted by Gasteiger charge is -2.24. The van der Waals surface area contributed by atoms with E-state index in [1.807, 2.05) is 13.0 Å². The van der Waals surface area contributed by atoms with E-state index in [1.165, 1.54) is 57.8 Å². The second-order valence-corrected chi connectivity index (χ2v) is 13.3. The van der Waals surface area contributed by atoms with Crippen molar-refractivity contribution in [2.45, 2.75) is 204 Å². The van der Waals surface area contributed by atoms with Crippen LogP contribution in [0.15, 0.2) is 11.6 Å². The molecule has 0 amide bonds. The molecule has 244 valence electrons. The average molecular weight is 595 g/mol. The highest BCUT2D eigenvalue weighted by Gasteiger charge is 2.40. The summed E-state index contributed by atoms with van der Waals surface area (Å²) >= 11 is 0. The maximum Gasteiger partial charge on any atom is 0.334 e. The minimum absolute atomic E-state index is 0.0528. The van der Waals surface area contributed by atoms with E-state index in [4.69, 9.17) is 14.2 Å². The Hall–Kier alpha value is -0.990. The molecule has 3 heterocycles. The average Bonchev–Trinajstić information content (AvgIpc) is 3.72. The third-order valence-corrected chi connectivity index (χ3v) is 9.53. The maximum atomic E-state index is 11.7. The molecule has 0 aliphatic carbocycles. The topological polar surface area (TPSA) is 105 Å². The summed E-state index contributed by atoms with van der Waals surface area (Å²) in [6.45, 7) is 4.07. The van der Waals surface area contributed by atoms with E-state index in [-0.39, 0.29) is 42.6 Å². The van der Waals surface area contributed by atoms with Gasteiger partial charge >= 0.3 is 5.97 Å². The number of carbonyl (C=O) groups excluding carboxylic acids is 1. The van der Waals surface area contributed by atoms with Gasteiger partial charge in [-0.25, -0.2) is 4.79 Å². The Kier molecular flexibility index (Phi) is 17.0. The number of cyclic esters (lactones) is 1. The first-order chi connectivity index (χ1) is 20.4. The quantitative estimate of drug-likeness (QED) is 0.0858. The van der Waals surface area contributed by atoms with Gasteiger partial charge in [0, 0.05) is 12.0 Å². The van der Waals surface area contributed by atoms with Crippen LogP contribution in [0.2, 0.25) is 0 Å². The molecular formula is C35H62O7. The number of rotatable bonds is 23. The number of hydrogen-bond acceptors (Lipinski definition) is 7. The Balaban J connectivity index is 1.14. The van der Waals surface area contributed by atoms with Crippen LogP contribution in [0.5, 0.6) is 0 Å². The van der Waals surface area contributed by atoms with Crippen LogP contribution >= 0.6 is 0 Å². The summed E-state index contributed by atoms with van der Waals surface area (Å²) in [6.07, 6.45) is 23.3. The Bertz CT molecular complexity index is 770. The fraction of sp³-hybridized carbons (Fsp3) is 0.914. The van der Waals surface area contributed by atoms with Crippen molar-refractivity contribution in [3.8, 4) is 0 Å². The summed E-state index contributed by atoms with van der Waals surface area (Å²) in [4.78, 5) is 11.7. The van der Waals surface area contributed by atoms with Gasteiger partial charge in [-0.15, -0.1) is 0 Å². The van der Waals surface area contributed by atoms with Crippen molar-refractivity contribution < 1.29 is 34.3 Å². The minimum Gasteiger partial charge on any atom is -0.455 e. The van der Waals surface area contributed by atoms with Gasteiger partial charge in [0.1, 0.15) is 6.10 Å². The van der Waals surface area contributed by atoms with Crippen LogP contribution < -0.4 is 0 Å². The van der Waals surface area contributed by atoms with Crippen molar-refractivity contribution in [3.05, 3.63) is 11.6 Å². The molecule has 8 atom stereocenters. The van der Waals surface area contributed by atoms with Gasteiger partial charge in [-0.05, 0) is 57.9 Å². The van der Waals surface area contributed by atoms with Crippen LogP contribution in [0.4, 0.5) is 0 Å². The first-order valence-electron chi connectivity index (χ1n) is 17.6. The Morgan fingerprint density at radius 3 is 1.60 bits per heavy atom. The van der Waals surface area contributed by atoms with Crippen LogP contribution in [0.3, 0.4) is 0 Å². The molecule has 0 bridgehead atoms. The summed E-state index contributed by atoms with van der Waals surface area (Å²) in [5, 5.41) is 31.5. The largest absolute Gasteiger partial charge is 0.455 e. The number of carbonyl (C=O) groups is 1. The van der Waals surface area contributed by atoms with Crippen molar-refractivity contribution in [1.82, 2.24) is 0 Å². The smallest absolute Gasteiger partial charge is 0.334 e. The second kappa shape index (κ2) is 20.1. The van der Waals surface area contributed by atoms with Crippen LogP contribution in [-0.2, 0) is 19.0 Å². The molecule has 3 aliphatic heterocycles. The van der Waals surface area contributed by atoms with Gasteiger partial charge in [0.05, 0.1) is 42.7 Å². The first kappa shape index (κ1) is 35.5. The number of aliphatic hydroxyl groups excluding tert-OH is 3. The van der Waals surface area contributed by atoms with E-state index < -0.39 is 12.2 Å². The van der Waals surface area contributed by atoms with Gasteiger partial charge < -0.3 is 29.5 Å². The molecule has 2 fully saturated rings. The minimum atomic E-state index is -0.463. The maximum absolute atomic E-state index is 11.7. The highest BCUT2D eigenvalue weighted by atomic mass is 16.6. The third-order valence-electron chi connectivity index (χ3n) is 9.53. The lowest BCUT2D eigenvalue weighted by molar-refractivity contribution is -0.139.